The number of amides is 1. The van der Waals surface area contributed by atoms with Gasteiger partial charge in [-0.15, -0.1) is 0 Å². The van der Waals surface area contributed by atoms with Crippen molar-refractivity contribution in [2.24, 2.45) is 10.9 Å². The number of nitrogens with zero attached hydrogens (tertiary/aromatic N) is 2. The van der Waals surface area contributed by atoms with E-state index in [4.69, 9.17) is 9.47 Å². The minimum absolute atomic E-state index is 0.0412. The number of hydrogen-bond donors (Lipinski definition) is 2. The lowest BCUT2D eigenvalue weighted by atomic mass is 10.1. The van der Waals surface area contributed by atoms with Gasteiger partial charge in [0.25, 0.3) is 0 Å². The molecule has 0 bridgehead atoms. The van der Waals surface area contributed by atoms with E-state index in [-0.39, 0.29) is 18.4 Å². The molecule has 0 aliphatic heterocycles. The molecule has 32 heavy (non-hydrogen) atoms. The molecule has 0 radical (unpaired) electrons. The van der Waals surface area contributed by atoms with Gasteiger partial charge in [0.05, 0.1) is 20.3 Å². The van der Waals surface area contributed by atoms with Crippen molar-refractivity contribution in [1.82, 2.24) is 15.5 Å². The zero-order valence-electron chi connectivity index (χ0n) is 19.6. The van der Waals surface area contributed by atoms with E-state index < -0.39 is 0 Å². The Balaban J connectivity index is 1.80. The molecule has 0 spiro atoms. The average Bonchev–Trinajstić information content (AvgIpc) is 2.81. The normalized spacial score (nSPS) is 12.2. The molecule has 0 fully saturated rings. The summed E-state index contributed by atoms with van der Waals surface area (Å²) in [5.41, 5.74) is 2.36. The van der Waals surface area contributed by atoms with Crippen LogP contribution in [0.1, 0.15) is 18.1 Å². The zero-order valence-corrected chi connectivity index (χ0v) is 19.6. The van der Waals surface area contributed by atoms with E-state index in [1.54, 1.807) is 26.1 Å². The Morgan fingerprint density at radius 1 is 1.03 bits per heavy atom. The Bertz CT molecular complexity index is 823. The van der Waals surface area contributed by atoms with E-state index in [1.165, 1.54) is 5.56 Å². The molecule has 1 amide bonds. The molecule has 1 unspecified atom stereocenters. The van der Waals surface area contributed by atoms with Crippen molar-refractivity contribution in [3.05, 3.63) is 65.7 Å². The van der Waals surface area contributed by atoms with Crippen molar-refractivity contribution in [3.63, 3.8) is 0 Å². The number of hydrogen-bond acceptors (Lipinski definition) is 4. The molecule has 2 N–H and O–H groups in total. The van der Waals surface area contributed by atoms with Crippen molar-refractivity contribution in [1.29, 1.82) is 0 Å². The van der Waals surface area contributed by atoms with Crippen LogP contribution in [0, 0.1) is 5.92 Å². The monoisotopic (exact) mass is 440 g/mol. The second-order valence-electron chi connectivity index (χ2n) is 7.96. The number of carbonyl (C=O) groups is 1. The fourth-order valence-corrected chi connectivity index (χ4v) is 2.86. The number of guanidine groups is 1. The third-order valence-electron chi connectivity index (χ3n) is 4.87. The summed E-state index contributed by atoms with van der Waals surface area (Å²) in [6, 6.07) is 18.1. The van der Waals surface area contributed by atoms with E-state index in [9.17, 15) is 4.79 Å². The summed E-state index contributed by atoms with van der Waals surface area (Å²) in [6.07, 6.45) is 0.835. The minimum Gasteiger partial charge on any atom is -0.497 e. The van der Waals surface area contributed by atoms with Crippen LogP contribution in [0.4, 0.5) is 0 Å². The molecule has 1 atom stereocenters. The fourth-order valence-electron chi connectivity index (χ4n) is 2.86. The number of aliphatic imine (C=N–C) groups is 1. The standard InChI is InChI=1S/C25H36N4O3/c1-20(18-32-19-22-8-6-5-7-9-22)16-27-25(28-17-24(30)29(2)3)26-15-14-21-10-12-23(31-4)13-11-21/h5-13,20H,14-19H2,1-4H3,(H2,26,27,28). The molecule has 0 saturated carbocycles. The Morgan fingerprint density at radius 3 is 2.41 bits per heavy atom. The summed E-state index contributed by atoms with van der Waals surface area (Å²) < 4.78 is 11.0. The SMILES string of the molecule is COc1ccc(CCNC(=NCC(=O)N(C)C)NCC(C)COCc2ccccc2)cc1. The number of methoxy groups -OCH3 is 1. The number of carbonyl (C=O) groups excluding carboxylic acids is 1. The highest BCUT2D eigenvalue weighted by molar-refractivity contribution is 5.84. The van der Waals surface area contributed by atoms with E-state index >= 15 is 0 Å². The van der Waals surface area contributed by atoms with E-state index in [0.717, 1.165) is 17.7 Å². The van der Waals surface area contributed by atoms with Gasteiger partial charge in [0.1, 0.15) is 12.3 Å². The molecule has 7 nitrogen and oxygen atoms in total. The molecule has 0 aromatic heterocycles. The molecule has 2 aromatic carbocycles. The molecular weight excluding hydrogens is 404 g/mol. The van der Waals surface area contributed by atoms with Crippen molar-refractivity contribution in [2.75, 3.05) is 47.4 Å². The second-order valence-corrected chi connectivity index (χ2v) is 7.96. The molecule has 2 aromatic rings. The van der Waals surface area contributed by atoms with Crippen LogP contribution in [0.25, 0.3) is 0 Å². The first kappa shape index (κ1) is 25.2. The predicted molar refractivity (Wildman–Crippen MR) is 129 cm³/mol. The van der Waals surface area contributed by atoms with E-state index in [2.05, 4.69) is 34.7 Å². The van der Waals surface area contributed by atoms with Crippen molar-refractivity contribution in [2.45, 2.75) is 20.0 Å². The quantitative estimate of drug-likeness (QED) is 0.392. The molecular formula is C25H36N4O3. The van der Waals surface area contributed by atoms with Crippen LogP contribution in [0.3, 0.4) is 0 Å². The van der Waals surface area contributed by atoms with Crippen LogP contribution < -0.4 is 15.4 Å². The minimum atomic E-state index is -0.0412. The highest BCUT2D eigenvalue weighted by Gasteiger charge is 2.08. The number of likely N-dealkylation sites (N-methyl/N-ethyl adjacent to an activating group) is 1. The molecule has 0 heterocycles. The number of benzene rings is 2. The van der Waals surface area contributed by atoms with Gasteiger partial charge in [-0.1, -0.05) is 49.4 Å². The van der Waals surface area contributed by atoms with Gasteiger partial charge in [0.15, 0.2) is 5.96 Å². The molecule has 0 aliphatic rings. The van der Waals surface area contributed by atoms with E-state index in [0.29, 0.717) is 32.3 Å². The maximum Gasteiger partial charge on any atom is 0.243 e. The van der Waals surface area contributed by atoms with Gasteiger partial charge in [-0.2, -0.15) is 0 Å². The lowest BCUT2D eigenvalue weighted by molar-refractivity contribution is -0.127. The van der Waals surface area contributed by atoms with Crippen LogP contribution in [0.2, 0.25) is 0 Å². The van der Waals surface area contributed by atoms with Crippen LogP contribution in [-0.4, -0.2) is 64.2 Å². The summed E-state index contributed by atoms with van der Waals surface area (Å²) >= 11 is 0. The predicted octanol–water partition coefficient (Wildman–Crippen LogP) is 2.71. The van der Waals surface area contributed by atoms with Gasteiger partial charge < -0.3 is 25.0 Å². The smallest absolute Gasteiger partial charge is 0.243 e. The Hall–Kier alpha value is -3.06. The lowest BCUT2D eigenvalue weighted by Gasteiger charge is -2.17. The maximum absolute atomic E-state index is 11.9. The highest BCUT2D eigenvalue weighted by Crippen LogP contribution is 2.11. The highest BCUT2D eigenvalue weighted by atomic mass is 16.5. The van der Waals surface area contributed by atoms with Gasteiger partial charge in [0, 0.05) is 27.2 Å². The van der Waals surface area contributed by atoms with Crippen molar-refractivity contribution in [3.8, 4) is 5.75 Å². The summed E-state index contributed by atoms with van der Waals surface area (Å²) in [5.74, 6) is 1.72. The van der Waals surface area contributed by atoms with Crippen LogP contribution >= 0.6 is 0 Å². The van der Waals surface area contributed by atoms with Crippen molar-refractivity contribution < 1.29 is 14.3 Å². The molecule has 2 rings (SSSR count). The lowest BCUT2D eigenvalue weighted by Crippen LogP contribution is -2.41. The van der Waals surface area contributed by atoms with Crippen LogP contribution in [0.15, 0.2) is 59.6 Å². The van der Waals surface area contributed by atoms with Gasteiger partial charge in [0.2, 0.25) is 5.91 Å². The first-order valence-corrected chi connectivity index (χ1v) is 10.9. The first-order chi connectivity index (χ1) is 15.5. The summed E-state index contributed by atoms with van der Waals surface area (Å²) in [4.78, 5) is 17.9. The number of rotatable bonds is 12. The Labute approximate surface area is 191 Å². The Morgan fingerprint density at radius 2 is 1.75 bits per heavy atom. The van der Waals surface area contributed by atoms with Crippen LogP contribution in [0.5, 0.6) is 5.75 Å². The zero-order chi connectivity index (χ0) is 23.2. The summed E-state index contributed by atoms with van der Waals surface area (Å²) in [5, 5.41) is 6.66. The number of nitrogens with one attached hydrogen (secondary N) is 2. The van der Waals surface area contributed by atoms with Gasteiger partial charge in [-0.3, -0.25) is 4.79 Å². The van der Waals surface area contributed by atoms with E-state index in [1.807, 2.05) is 42.5 Å². The second kappa shape index (κ2) is 14.1. The van der Waals surface area contributed by atoms with Gasteiger partial charge in [-0.05, 0) is 35.6 Å². The fraction of sp³-hybridized carbons (Fsp3) is 0.440. The molecule has 174 valence electrons. The number of ether oxygens (including phenoxy) is 2. The summed E-state index contributed by atoms with van der Waals surface area (Å²) in [6.45, 7) is 4.86. The third-order valence-corrected chi connectivity index (χ3v) is 4.87. The van der Waals surface area contributed by atoms with Crippen LogP contribution in [-0.2, 0) is 22.6 Å². The third kappa shape index (κ3) is 9.83. The Kier molecular flexibility index (Phi) is 11.1. The van der Waals surface area contributed by atoms with Gasteiger partial charge in [-0.25, -0.2) is 4.99 Å². The average molecular weight is 441 g/mol. The molecule has 0 saturated heterocycles. The largest absolute Gasteiger partial charge is 0.497 e. The van der Waals surface area contributed by atoms with Crippen molar-refractivity contribution >= 4 is 11.9 Å². The maximum atomic E-state index is 11.9. The topological polar surface area (TPSA) is 75.2 Å². The summed E-state index contributed by atoms with van der Waals surface area (Å²) in [7, 11) is 5.12. The molecule has 0 aliphatic carbocycles. The van der Waals surface area contributed by atoms with Gasteiger partial charge >= 0.3 is 0 Å². The molecule has 7 heteroatoms. The first-order valence-electron chi connectivity index (χ1n) is 10.9.